The van der Waals surface area contributed by atoms with Crippen molar-refractivity contribution in [1.82, 2.24) is 0 Å². The van der Waals surface area contributed by atoms with Crippen molar-refractivity contribution in [2.75, 3.05) is 23.4 Å². The van der Waals surface area contributed by atoms with E-state index >= 15 is 0 Å². The van der Waals surface area contributed by atoms with Gasteiger partial charge in [-0.15, -0.1) is 0 Å². The van der Waals surface area contributed by atoms with E-state index in [4.69, 9.17) is 9.47 Å². The molecule has 1 aliphatic heterocycles. The monoisotopic (exact) mass is 628 g/mol. The summed E-state index contributed by atoms with van der Waals surface area (Å²) in [4.78, 5) is 66.9. The van der Waals surface area contributed by atoms with Gasteiger partial charge >= 0.3 is 11.9 Å². The average Bonchev–Trinajstić information content (AvgIpc) is 3.37. The van der Waals surface area contributed by atoms with Crippen LogP contribution in [0.15, 0.2) is 97.1 Å². The van der Waals surface area contributed by atoms with Crippen LogP contribution in [0.1, 0.15) is 74.6 Å². The molecule has 1 N–H and O–H groups in total. The van der Waals surface area contributed by atoms with Crippen molar-refractivity contribution in [3.63, 3.8) is 0 Å². The minimum atomic E-state index is -0.774. The first kappa shape index (κ1) is 30.1. The summed E-state index contributed by atoms with van der Waals surface area (Å²) in [6.07, 6.45) is 1.70. The number of imide groups is 1. The van der Waals surface area contributed by atoms with Gasteiger partial charge in [0.1, 0.15) is 0 Å². The average molecular weight is 629 g/mol. The molecule has 9 heteroatoms. The lowest BCUT2D eigenvalue weighted by Crippen LogP contribution is -2.41. The fourth-order valence-electron chi connectivity index (χ4n) is 7.20. The number of hydrogen-bond acceptors (Lipinski definition) is 7. The van der Waals surface area contributed by atoms with Crippen LogP contribution in [0.3, 0.4) is 0 Å². The molecule has 8 rings (SSSR count). The van der Waals surface area contributed by atoms with Crippen LogP contribution in [0, 0.1) is 11.8 Å². The first-order valence-corrected chi connectivity index (χ1v) is 15.8. The SMILES string of the molecule is CCCCOC(=O)c1ccc(NC(=O)COC(=O)c2cccc(N3C(=O)[C@H]4C5c6ccccc6C(c6ccccc65)[C@@H]4C3=O)c2)cc1. The van der Waals surface area contributed by atoms with E-state index in [0.717, 1.165) is 35.1 Å². The molecule has 4 aromatic rings. The molecule has 0 aromatic heterocycles. The molecule has 47 heavy (non-hydrogen) atoms. The van der Waals surface area contributed by atoms with Gasteiger partial charge in [-0.1, -0.05) is 67.9 Å². The predicted octanol–water partition coefficient (Wildman–Crippen LogP) is 5.84. The number of rotatable bonds is 9. The zero-order chi connectivity index (χ0) is 32.7. The number of nitrogens with one attached hydrogen (secondary N) is 1. The first-order chi connectivity index (χ1) is 22.9. The maximum atomic E-state index is 14.1. The largest absolute Gasteiger partial charge is 0.462 e. The normalized spacial score (nSPS) is 20.2. The van der Waals surface area contributed by atoms with E-state index in [1.807, 2.05) is 55.5 Å². The molecule has 4 aromatic carbocycles. The smallest absolute Gasteiger partial charge is 0.338 e. The number of carbonyl (C=O) groups excluding carboxylic acids is 5. The van der Waals surface area contributed by atoms with Gasteiger partial charge in [0, 0.05) is 17.5 Å². The third-order valence-electron chi connectivity index (χ3n) is 9.26. The number of ether oxygens (including phenoxy) is 2. The van der Waals surface area contributed by atoms with Gasteiger partial charge < -0.3 is 14.8 Å². The fourth-order valence-corrected chi connectivity index (χ4v) is 7.20. The molecule has 1 saturated heterocycles. The number of esters is 2. The number of unbranched alkanes of at least 4 members (excludes halogenated alkanes) is 1. The Morgan fingerprint density at radius 1 is 0.681 bits per heavy atom. The van der Waals surface area contributed by atoms with Crippen LogP contribution >= 0.6 is 0 Å². The molecule has 236 valence electrons. The first-order valence-electron chi connectivity index (χ1n) is 15.8. The van der Waals surface area contributed by atoms with Crippen LogP contribution in [0.2, 0.25) is 0 Å². The maximum absolute atomic E-state index is 14.1. The van der Waals surface area contributed by atoms with Crippen LogP contribution < -0.4 is 10.2 Å². The Balaban J connectivity index is 1.03. The highest BCUT2D eigenvalue weighted by molar-refractivity contribution is 6.23. The summed E-state index contributed by atoms with van der Waals surface area (Å²) in [5.74, 6) is -3.92. The van der Waals surface area contributed by atoms with E-state index in [1.54, 1.807) is 36.4 Å². The number of carbonyl (C=O) groups is 5. The van der Waals surface area contributed by atoms with Crippen LogP contribution in [0.4, 0.5) is 11.4 Å². The summed E-state index contributed by atoms with van der Waals surface area (Å²) in [5.41, 5.74) is 5.49. The quantitative estimate of drug-likeness (QED) is 0.141. The van der Waals surface area contributed by atoms with Crippen molar-refractivity contribution in [1.29, 1.82) is 0 Å². The standard InChI is InChI=1S/C38H32N2O7/c1-2-3-19-46-37(44)22-15-17-24(18-16-22)39-30(41)21-47-38(45)23-9-8-10-25(20-23)40-35(42)33-31-26-11-4-5-12-27(26)32(34(33)36(40)43)29-14-7-6-13-28(29)31/h4-18,20,31-34H,2-3,19,21H2,1H3,(H,39,41)/t31?,32?,33-,34-/m0/s1. The highest BCUT2D eigenvalue weighted by Gasteiger charge is 2.61. The second-order valence-electron chi connectivity index (χ2n) is 12.0. The molecule has 3 aliphatic carbocycles. The topological polar surface area (TPSA) is 119 Å². The van der Waals surface area contributed by atoms with Crippen molar-refractivity contribution in [3.8, 4) is 0 Å². The zero-order valence-electron chi connectivity index (χ0n) is 25.7. The molecule has 2 bridgehead atoms. The molecular weight excluding hydrogens is 596 g/mol. The van der Waals surface area contributed by atoms with Crippen molar-refractivity contribution >= 4 is 41.0 Å². The second kappa shape index (κ2) is 12.3. The van der Waals surface area contributed by atoms with Gasteiger partial charge in [0.05, 0.1) is 35.3 Å². The Morgan fingerprint density at radius 3 is 1.79 bits per heavy atom. The number of amides is 3. The summed E-state index contributed by atoms with van der Waals surface area (Å²) < 4.78 is 10.4. The van der Waals surface area contributed by atoms with E-state index in [1.165, 1.54) is 17.0 Å². The predicted molar refractivity (Wildman–Crippen MR) is 173 cm³/mol. The molecule has 0 spiro atoms. The van der Waals surface area contributed by atoms with Gasteiger partial charge in [-0.25, -0.2) is 14.5 Å². The van der Waals surface area contributed by atoms with Crippen LogP contribution in [-0.2, 0) is 23.9 Å². The lowest BCUT2D eigenvalue weighted by Gasteiger charge is -2.45. The van der Waals surface area contributed by atoms with Crippen LogP contribution in [-0.4, -0.2) is 42.9 Å². The molecule has 0 unspecified atom stereocenters. The summed E-state index contributed by atoms with van der Waals surface area (Å²) in [7, 11) is 0. The van der Waals surface area contributed by atoms with E-state index in [2.05, 4.69) is 5.32 Å². The van der Waals surface area contributed by atoms with Crippen molar-refractivity contribution in [2.45, 2.75) is 31.6 Å². The molecule has 2 atom stereocenters. The molecule has 3 amide bonds. The fraction of sp³-hybridized carbons (Fsp3) is 0.237. The van der Waals surface area contributed by atoms with Gasteiger partial charge in [-0.2, -0.15) is 0 Å². The Labute approximate surface area is 271 Å². The van der Waals surface area contributed by atoms with Gasteiger partial charge in [0.2, 0.25) is 11.8 Å². The van der Waals surface area contributed by atoms with Crippen LogP contribution in [0.5, 0.6) is 0 Å². The summed E-state index contributed by atoms with van der Waals surface area (Å²) in [5, 5.41) is 2.63. The third-order valence-corrected chi connectivity index (χ3v) is 9.26. The van der Waals surface area contributed by atoms with Gasteiger partial charge in [-0.3, -0.25) is 14.4 Å². The minimum Gasteiger partial charge on any atom is -0.462 e. The van der Waals surface area contributed by atoms with E-state index in [9.17, 15) is 24.0 Å². The van der Waals surface area contributed by atoms with Gasteiger partial charge in [-0.05, 0) is 71.1 Å². The van der Waals surface area contributed by atoms with E-state index in [0.29, 0.717) is 17.9 Å². The Morgan fingerprint density at radius 2 is 1.23 bits per heavy atom. The molecule has 0 radical (unpaired) electrons. The Bertz CT molecular complexity index is 1800. The van der Waals surface area contributed by atoms with Gasteiger partial charge in [0.15, 0.2) is 6.61 Å². The van der Waals surface area contributed by atoms with Crippen molar-refractivity contribution in [2.24, 2.45) is 11.8 Å². The number of benzene rings is 4. The number of anilines is 2. The Hall–Kier alpha value is -5.57. The Kier molecular flexibility index (Phi) is 7.89. The van der Waals surface area contributed by atoms with Crippen LogP contribution in [0.25, 0.3) is 0 Å². The molecule has 1 heterocycles. The molecule has 4 aliphatic rings. The zero-order valence-corrected chi connectivity index (χ0v) is 25.7. The molecule has 0 saturated carbocycles. The number of nitrogens with zero attached hydrogens (tertiary/aromatic N) is 1. The summed E-state index contributed by atoms with van der Waals surface area (Å²) in [6, 6.07) is 28.4. The highest BCUT2D eigenvalue weighted by atomic mass is 16.5. The highest BCUT2D eigenvalue weighted by Crippen LogP contribution is 2.61. The van der Waals surface area contributed by atoms with Gasteiger partial charge in [0.25, 0.3) is 5.91 Å². The molecule has 1 fully saturated rings. The maximum Gasteiger partial charge on any atom is 0.338 e. The second-order valence-corrected chi connectivity index (χ2v) is 12.0. The number of hydrogen-bond donors (Lipinski definition) is 1. The van der Waals surface area contributed by atoms with E-state index < -0.39 is 36.3 Å². The lowest BCUT2D eigenvalue weighted by molar-refractivity contribution is -0.122. The van der Waals surface area contributed by atoms with Crippen molar-refractivity contribution in [3.05, 3.63) is 130 Å². The van der Waals surface area contributed by atoms with E-state index in [-0.39, 0.29) is 34.9 Å². The third kappa shape index (κ3) is 5.27. The molecule has 9 nitrogen and oxygen atoms in total. The molecular formula is C38H32N2O7. The lowest BCUT2D eigenvalue weighted by atomic mass is 9.55. The summed E-state index contributed by atoms with van der Waals surface area (Å²) in [6.45, 7) is 1.79. The minimum absolute atomic E-state index is 0.103. The van der Waals surface area contributed by atoms with Crippen molar-refractivity contribution < 1.29 is 33.4 Å². The summed E-state index contributed by atoms with van der Waals surface area (Å²) >= 11 is 0.